The molecule has 0 aliphatic heterocycles. The Hall–Kier alpha value is -1.96. The Labute approximate surface area is 176 Å². The van der Waals surface area contributed by atoms with Crippen molar-refractivity contribution in [3.63, 3.8) is 0 Å². The molecule has 2 aromatic rings. The molecule has 2 aliphatic rings. The summed E-state index contributed by atoms with van der Waals surface area (Å²) in [6, 6.07) is 12.1. The molecule has 2 nitrogen and oxygen atoms in total. The number of phenols is 2. The lowest BCUT2D eigenvalue weighted by Crippen LogP contribution is -2.25. The Bertz CT molecular complexity index is 770. The molecule has 0 spiro atoms. The summed E-state index contributed by atoms with van der Waals surface area (Å²) in [5, 5.41) is 21.8. The van der Waals surface area contributed by atoms with Crippen molar-refractivity contribution in [2.24, 2.45) is 0 Å². The molecule has 156 valence electrons. The maximum absolute atomic E-state index is 10.9. The molecule has 2 heteroatoms. The van der Waals surface area contributed by atoms with E-state index in [4.69, 9.17) is 0 Å². The van der Waals surface area contributed by atoms with E-state index in [9.17, 15) is 10.2 Å². The van der Waals surface area contributed by atoms with Crippen LogP contribution in [0.15, 0.2) is 36.4 Å². The lowest BCUT2D eigenvalue weighted by Gasteiger charge is -2.36. The maximum Gasteiger partial charge on any atom is 0.119 e. The highest BCUT2D eigenvalue weighted by Gasteiger charge is 2.35. The predicted octanol–water partition coefficient (Wildman–Crippen LogP) is 7.52. The van der Waals surface area contributed by atoms with E-state index in [2.05, 4.69) is 26.0 Å². The van der Waals surface area contributed by atoms with E-state index in [-0.39, 0.29) is 5.41 Å². The summed E-state index contributed by atoms with van der Waals surface area (Å²) in [6.45, 7) is 4.55. The minimum Gasteiger partial charge on any atom is -0.508 e. The van der Waals surface area contributed by atoms with Gasteiger partial charge in [-0.2, -0.15) is 0 Å². The summed E-state index contributed by atoms with van der Waals surface area (Å²) in [5.41, 5.74) is 4.49. The van der Waals surface area contributed by atoms with Gasteiger partial charge in [-0.15, -0.1) is 0 Å². The zero-order valence-electron chi connectivity index (χ0n) is 18.1. The number of benzene rings is 2. The molecule has 0 bridgehead atoms. The van der Waals surface area contributed by atoms with Crippen molar-refractivity contribution in [3.8, 4) is 11.5 Å². The van der Waals surface area contributed by atoms with Crippen molar-refractivity contribution < 1.29 is 10.2 Å². The Morgan fingerprint density at radius 1 is 0.621 bits per heavy atom. The van der Waals surface area contributed by atoms with Crippen molar-refractivity contribution in [1.82, 2.24) is 0 Å². The van der Waals surface area contributed by atoms with E-state index in [0.717, 1.165) is 36.8 Å². The van der Waals surface area contributed by atoms with Crippen molar-refractivity contribution in [2.45, 2.75) is 95.3 Å². The highest BCUT2D eigenvalue weighted by atomic mass is 16.3. The summed E-state index contributed by atoms with van der Waals surface area (Å²) < 4.78 is 0. The number of aromatic hydroxyl groups is 2. The highest BCUT2D eigenvalue weighted by Crippen LogP contribution is 2.48. The van der Waals surface area contributed by atoms with Crippen LogP contribution in [0.5, 0.6) is 11.5 Å². The molecule has 0 aromatic heterocycles. The molecule has 0 amide bonds. The van der Waals surface area contributed by atoms with Crippen LogP contribution in [-0.4, -0.2) is 10.2 Å². The van der Waals surface area contributed by atoms with Crippen LogP contribution in [0.4, 0.5) is 0 Å². The SMILES string of the molecule is CC(C)(c1cccc(O)c1C1CCCCC1)c1cccc(O)c1C1CCCCC1. The number of hydrogen-bond acceptors (Lipinski definition) is 2. The molecule has 2 aromatic carbocycles. The molecule has 0 unspecified atom stereocenters. The third-order valence-electron chi connectivity index (χ3n) is 7.54. The van der Waals surface area contributed by atoms with Crippen molar-refractivity contribution in [1.29, 1.82) is 0 Å². The summed E-state index contributed by atoms with van der Waals surface area (Å²) >= 11 is 0. The second-order valence-electron chi connectivity index (χ2n) is 9.77. The monoisotopic (exact) mass is 392 g/mol. The minimum absolute atomic E-state index is 0.267. The van der Waals surface area contributed by atoms with E-state index in [0.29, 0.717) is 23.3 Å². The summed E-state index contributed by atoms with van der Waals surface area (Å²) in [7, 11) is 0. The van der Waals surface area contributed by atoms with Crippen molar-refractivity contribution in [2.75, 3.05) is 0 Å². The standard InChI is InChI=1S/C27H36O2/c1-27(2,21-15-9-17-23(28)25(21)19-11-5-3-6-12-19)22-16-10-18-24(29)26(22)20-13-7-4-8-14-20/h9-10,15-20,28-29H,3-8,11-14H2,1-2H3. The van der Waals surface area contributed by atoms with Crippen LogP contribution in [-0.2, 0) is 5.41 Å². The average molecular weight is 393 g/mol. The smallest absolute Gasteiger partial charge is 0.119 e. The first-order chi connectivity index (χ1) is 14.0. The lowest BCUT2D eigenvalue weighted by atomic mass is 9.68. The van der Waals surface area contributed by atoms with Gasteiger partial charge in [0.2, 0.25) is 0 Å². The fourth-order valence-corrected chi connectivity index (χ4v) is 5.98. The normalized spacial score (nSPS) is 19.4. The predicted molar refractivity (Wildman–Crippen MR) is 120 cm³/mol. The van der Waals surface area contributed by atoms with Gasteiger partial charge in [-0.3, -0.25) is 0 Å². The highest BCUT2D eigenvalue weighted by molar-refractivity contribution is 5.54. The van der Waals surface area contributed by atoms with Crippen LogP contribution in [0.3, 0.4) is 0 Å². The fraction of sp³-hybridized carbons (Fsp3) is 0.556. The van der Waals surface area contributed by atoms with Gasteiger partial charge >= 0.3 is 0 Å². The fourth-order valence-electron chi connectivity index (χ4n) is 5.98. The minimum atomic E-state index is -0.267. The van der Waals surface area contributed by atoms with Crippen LogP contribution < -0.4 is 0 Å². The number of rotatable bonds is 4. The van der Waals surface area contributed by atoms with Crippen LogP contribution in [0.2, 0.25) is 0 Å². The van der Waals surface area contributed by atoms with Gasteiger partial charge in [0.25, 0.3) is 0 Å². The van der Waals surface area contributed by atoms with Crippen LogP contribution in [0.1, 0.15) is 112 Å². The molecular weight excluding hydrogens is 356 g/mol. The van der Waals surface area contributed by atoms with E-state index < -0.39 is 0 Å². The Morgan fingerprint density at radius 3 is 1.38 bits per heavy atom. The number of phenolic OH excluding ortho intramolecular Hbond substituents is 2. The number of hydrogen-bond donors (Lipinski definition) is 2. The first-order valence-electron chi connectivity index (χ1n) is 11.6. The van der Waals surface area contributed by atoms with Gasteiger partial charge in [-0.1, -0.05) is 76.6 Å². The second kappa shape index (κ2) is 8.42. The topological polar surface area (TPSA) is 40.5 Å². The summed E-state index contributed by atoms with van der Waals surface area (Å²) in [5.74, 6) is 1.77. The first-order valence-corrected chi connectivity index (χ1v) is 11.6. The third-order valence-corrected chi connectivity index (χ3v) is 7.54. The largest absolute Gasteiger partial charge is 0.508 e. The first kappa shape index (κ1) is 20.3. The van der Waals surface area contributed by atoms with Gasteiger partial charge < -0.3 is 10.2 Å². The van der Waals surface area contributed by atoms with E-state index in [1.54, 1.807) is 0 Å². The molecule has 0 radical (unpaired) electrons. The van der Waals surface area contributed by atoms with Gasteiger partial charge in [0.05, 0.1) is 0 Å². The Morgan fingerprint density at radius 2 is 1.00 bits per heavy atom. The average Bonchev–Trinajstić information content (AvgIpc) is 2.74. The van der Waals surface area contributed by atoms with E-state index in [1.807, 2.05) is 24.3 Å². The van der Waals surface area contributed by atoms with Crippen LogP contribution in [0, 0.1) is 0 Å². The van der Waals surface area contributed by atoms with Gasteiger partial charge in [0.1, 0.15) is 11.5 Å². The molecule has 0 heterocycles. The van der Waals surface area contributed by atoms with Gasteiger partial charge in [0.15, 0.2) is 0 Å². The van der Waals surface area contributed by atoms with Crippen molar-refractivity contribution in [3.05, 3.63) is 58.7 Å². The maximum atomic E-state index is 10.9. The second-order valence-corrected chi connectivity index (χ2v) is 9.77. The molecule has 2 aliphatic carbocycles. The van der Waals surface area contributed by atoms with Gasteiger partial charge in [-0.25, -0.2) is 0 Å². The van der Waals surface area contributed by atoms with Crippen LogP contribution >= 0.6 is 0 Å². The zero-order chi connectivity index (χ0) is 20.4. The summed E-state index contributed by atoms with van der Waals surface area (Å²) in [6.07, 6.45) is 12.3. The molecule has 0 saturated heterocycles. The quantitative estimate of drug-likeness (QED) is 0.565. The third kappa shape index (κ3) is 3.91. The Kier molecular flexibility index (Phi) is 5.90. The lowest BCUT2D eigenvalue weighted by molar-refractivity contribution is 0.400. The van der Waals surface area contributed by atoms with E-state index >= 15 is 0 Å². The van der Waals surface area contributed by atoms with Crippen LogP contribution in [0.25, 0.3) is 0 Å². The molecular formula is C27H36O2. The molecule has 0 atom stereocenters. The van der Waals surface area contributed by atoms with E-state index in [1.165, 1.54) is 49.7 Å². The molecule has 4 rings (SSSR count). The Balaban J connectivity index is 1.82. The molecule has 2 fully saturated rings. The molecule has 2 saturated carbocycles. The molecule has 2 N–H and O–H groups in total. The molecule has 29 heavy (non-hydrogen) atoms. The zero-order valence-corrected chi connectivity index (χ0v) is 18.1. The van der Waals surface area contributed by atoms with Gasteiger partial charge in [-0.05, 0) is 60.8 Å². The summed E-state index contributed by atoms with van der Waals surface area (Å²) in [4.78, 5) is 0. The van der Waals surface area contributed by atoms with Crippen molar-refractivity contribution >= 4 is 0 Å². The van der Waals surface area contributed by atoms with Gasteiger partial charge in [0, 0.05) is 16.5 Å².